The quantitative estimate of drug-likeness (QED) is 0.279. The Balaban J connectivity index is 1.41. The van der Waals surface area contributed by atoms with Crippen molar-refractivity contribution in [3.63, 3.8) is 0 Å². The first-order chi connectivity index (χ1) is 18.7. The number of aromatic amines is 1. The topological polar surface area (TPSA) is 158 Å². The van der Waals surface area contributed by atoms with Crippen molar-refractivity contribution in [1.82, 2.24) is 40.6 Å². The normalized spacial score (nSPS) is 16.0. The van der Waals surface area contributed by atoms with Gasteiger partial charge < -0.3 is 20.2 Å². The highest BCUT2D eigenvalue weighted by Gasteiger charge is 2.29. The van der Waals surface area contributed by atoms with E-state index in [4.69, 9.17) is 9.40 Å². The molecule has 0 unspecified atom stereocenters. The minimum Gasteiger partial charge on any atom is -0.416 e. The van der Waals surface area contributed by atoms with E-state index in [1.165, 1.54) is 0 Å². The van der Waals surface area contributed by atoms with Crippen molar-refractivity contribution in [1.29, 1.82) is 0 Å². The molecule has 0 saturated carbocycles. The first-order valence-corrected chi connectivity index (χ1v) is 12.9. The maximum atomic E-state index is 13.1. The lowest BCUT2D eigenvalue weighted by atomic mass is 9.96. The number of aryl methyl sites for hydroxylation is 1. The molecule has 1 amide bonds. The van der Waals surface area contributed by atoms with Gasteiger partial charge in [0.15, 0.2) is 0 Å². The Bertz CT molecular complexity index is 1460. The molecule has 204 valence electrons. The number of aliphatic hydroxyl groups excluding tert-OH is 1. The molecule has 1 aromatic carbocycles. The molecule has 39 heavy (non-hydrogen) atoms. The largest absolute Gasteiger partial charge is 0.416 e. The molecule has 12 nitrogen and oxygen atoms in total. The highest BCUT2D eigenvalue weighted by Crippen LogP contribution is 2.29. The first-order valence-electron chi connectivity index (χ1n) is 12.9. The van der Waals surface area contributed by atoms with Crippen LogP contribution in [-0.4, -0.2) is 72.5 Å². The van der Waals surface area contributed by atoms with E-state index in [1.54, 1.807) is 12.4 Å². The van der Waals surface area contributed by atoms with Crippen LogP contribution in [0.15, 0.2) is 41.1 Å². The van der Waals surface area contributed by atoms with Crippen LogP contribution in [0.5, 0.6) is 0 Å². The molecule has 1 atom stereocenters. The highest BCUT2D eigenvalue weighted by molar-refractivity contribution is 5.89. The number of H-pyrrole nitrogens is 1. The van der Waals surface area contributed by atoms with Crippen LogP contribution in [0.3, 0.4) is 0 Å². The summed E-state index contributed by atoms with van der Waals surface area (Å²) < 4.78 is 5.66. The summed E-state index contributed by atoms with van der Waals surface area (Å²) >= 11 is 0. The molecule has 0 spiro atoms. The van der Waals surface area contributed by atoms with E-state index in [-0.39, 0.29) is 24.0 Å². The number of rotatable bonds is 7. The number of nitrogens with one attached hydrogen (secondary N) is 3. The standard InChI is InChI=1S/C27H33N9O3/c1-16-21(14-29-33-16)32-26-28-9-7-20(31-26)18-5-6-19-17(13-18)8-10-36(11-12-37)15-22(19)30-23(38)24-34-35-25(39-24)27(2,3)4/h5-7,9,13-14,22,37H,8,10-12,15H2,1-4H3,(H,29,33)(H,30,38)(H,28,31,32)/t22-/m1/s1. The zero-order valence-corrected chi connectivity index (χ0v) is 22.5. The zero-order valence-electron chi connectivity index (χ0n) is 22.5. The Morgan fingerprint density at radius 1 is 1.26 bits per heavy atom. The Morgan fingerprint density at radius 3 is 2.82 bits per heavy atom. The van der Waals surface area contributed by atoms with E-state index in [1.807, 2.05) is 45.9 Å². The van der Waals surface area contributed by atoms with E-state index in [0.717, 1.165) is 46.7 Å². The maximum Gasteiger partial charge on any atom is 0.309 e. The second kappa shape index (κ2) is 10.9. The molecule has 5 rings (SSSR count). The van der Waals surface area contributed by atoms with Crippen molar-refractivity contribution >= 4 is 17.5 Å². The number of carbonyl (C=O) groups excluding carboxylic acids is 1. The lowest BCUT2D eigenvalue weighted by Gasteiger charge is -2.24. The van der Waals surface area contributed by atoms with Crippen molar-refractivity contribution in [2.24, 2.45) is 0 Å². The molecule has 4 N–H and O–H groups in total. The van der Waals surface area contributed by atoms with Gasteiger partial charge in [0.1, 0.15) is 0 Å². The van der Waals surface area contributed by atoms with E-state index in [9.17, 15) is 9.90 Å². The summed E-state index contributed by atoms with van der Waals surface area (Å²) in [6.07, 6.45) is 4.24. The number of aromatic nitrogens is 6. The number of benzene rings is 1. The van der Waals surface area contributed by atoms with Crippen LogP contribution in [0.25, 0.3) is 11.3 Å². The SMILES string of the molecule is Cc1n[nH]cc1Nc1nccc(-c2ccc3c(c2)CCN(CCO)C[C@H]3NC(=O)c2nnc(C(C)(C)C)o2)n1. The number of hydrogen-bond acceptors (Lipinski definition) is 10. The number of carbonyl (C=O) groups is 1. The fourth-order valence-corrected chi connectivity index (χ4v) is 4.54. The molecule has 12 heteroatoms. The van der Waals surface area contributed by atoms with Gasteiger partial charge in [0.2, 0.25) is 11.8 Å². The average Bonchev–Trinajstić information content (AvgIpc) is 3.53. The molecule has 1 aliphatic rings. The van der Waals surface area contributed by atoms with Crippen LogP contribution in [0, 0.1) is 6.92 Å². The van der Waals surface area contributed by atoms with Gasteiger partial charge in [0, 0.05) is 43.0 Å². The van der Waals surface area contributed by atoms with Gasteiger partial charge in [0.25, 0.3) is 0 Å². The summed E-state index contributed by atoms with van der Waals surface area (Å²) in [5, 5.41) is 30.8. The monoisotopic (exact) mass is 531 g/mol. The minimum atomic E-state index is -0.426. The molecule has 4 heterocycles. The molecule has 0 saturated heterocycles. The summed E-state index contributed by atoms with van der Waals surface area (Å²) in [5.41, 5.74) is 5.09. The predicted molar refractivity (Wildman–Crippen MR) is 145 cm³/mol. The van der Waals surface area contributed by atoms with Gasteiger partial charge in [-0.3, -0.25) is 14.8 Å². The van der Waals surface area contributed by atoms with Crippen LogP contribution >= 0.6 is 0 Å². The molecular weight excluding hydrogens is 498 g/mol. The maximum absolute atomic E-state index is 13.1. The van der Waals surface area contributed by atoms with Crippen LogP contribution in [0.1, 0.15) is 60.2 Å². The Kier molecular flexibility index (Phi) is 7.40. The minimum absolute atomic E-state index is 0.0354. The number of β-amino-alcohol motifs (C(OH)–C–C–N with tert-alkyl or cyclic N) is 1. The van der Waals surface area contributed by atoms with E-state index < -0.39 is 5.91 Å². The van der Waals surface area contributed by atoms with Gasteiger partial charge in [-0.05, 0) is 36.6 Å². The van der Waals surface area contributed by atoms with E-state index >= 15 is 0 Å². The van der Waals surface area contributed by atoms with Gasteiger partial charge in [-0.1, -0.05) is 32.9 Å². The highest BCUT2D eigenvalue weighted by atomic mass is 16.4. The van der Waals surface area contributed by atoms with Crippen LogP contribution < -0.4 is 10.6 Å². The number of fused-ring (bicyclic) bond motifs is 1. The Labute approximate surface area is 226 Å². The average molecular weight is 532 g/mol. The summed E-state index contributed by atoms with van der Waals surface area (Å²) in [6.45, 7) is 9.57. The van der Waals surface area contributed by atoms with Crippen LogP contribution in [0.4, 0.5) is 11.6 Å². The summed E-state index contributed by atoms with van der Waals surface area (Å²) in [4.78, 5) is 24.3. The summed E-state index contributed by atoms with van der Waals surface area (Å²) in [5.74, 6) is 0.386. The number of aliphatic hydroxyl groups is 1. The van der Waals surface area contributed by atoms with Crippen LogP contribution in [-0.2, 0) is 11.8 Å². The summed E-state index contributed by atoms with van der Waals surface area (Å²) in [7, 11) is 0. The van der Waals surface area contributed by atoms with Gasteiger partial charge in [-0.2, -0.15) is 5.10 Å². The summed E-state index contributed by atoms with van der Waals surface area (Å²) in [6, 6.07) is 7.68. The fourth-order valence-electron chi connectivity index (χ4n) is 4.54. The first kappa shape index (κ1) is 26.4. The molecule has 0 bridgehead atoms. The number of anilines is 2. The van der Waals surface area contributed by atoms with E-state index in [0.29, 0.717) is 24.9 Å². The smallest absolute Gasteiger partial charge is 0.309 e. The molecule has 0 radical (unpaired) electrons. The van der Waals surface area contributed by atoms with E-state index in [2.05, 4.69) is 47.0 Å². The van der Waals surface area contributed by atoms with Crippen molar-refractivity contribution in [2.75, 3.05) is 31.6 Å². The third-order valence-electron chi connectivity index (χ3n) is 6.67. The Morgan fingerprint density at radius 2 is 2.10 bits per heavy atom. The van der Waals surface area contributed by atoms with Gasteiger partial charge in [-0.25, -0.2) is 9.97 Å². The van der Waals surface area contributed by atoms with Crippen LogP contribution in [0.2, 0.25) is 0 Å². The third kappa shape index (κ3) is 5.96. The van der Waals surface area contributed by atoms with Gasteiger partial charge in [0.05, 0.1) is 29.7 Å². The molecule has 1 aliphatic heterocycles. The number of nitrogens with zero attached hydrogens (tertiary/aromatic N) is 6. The fraction of sp³-hybridized carbons (Fsp3) is 0.407. The van der Waals surface area contributed by atoms with Crippen molar-refractivity contribution in [3.05, 3.63) is 65.3 Å². The Hall–Kier alpha value is -4.16. The molecule has 0 fully saturated rings. The molecule has 0 aliphatic carbocycles. The molecule has 3 aromatic heterocycles. The van der Waals surface area contributed by atoms with Crippen molar-refractivity contribution < 1.29 is 14.3 Å². The van der Waals surface area contributed by atoms with Gasteiger partial charge in [-0.15, -0.1) is 10.2 Å². The second-order valence-electron chi connectivity index (χ2n) is 10.7. The second-order valence-corrected chi connectivity index (χ2v) is 10.7. The van der Waals surface area contributed by atoms with Crippen molar-refractivity contribution in [2.45, 2.75) is 45.6 Å². The molecule has 4 aromatic rings. The lowest BCUT2D eigenvalue weighted by Crippen LogP contribution is -2.38. The van der Waals surface area contributed by atoms with Gasteiger partial charge >= 0.3 is 11.8 Å². The number of hydrogen-bond donors (Lipinski definition) is 4. The lowest BCUT2D eigenvalue weighted by molar-refractivity contribution is 0.0884. The molecular formula is C27H33N9O3. The zero-order chi connectivity index (χ0) is 27.6. The predicted octanol–water partition coefficient (Wildman–Crippen LogP) is 2.92. The third-order valence-corrected chi connectivity index (χ3v) is 6.67. The van der Waals surface area contributed by atoms with Crippen molar-refractivity contribution in [3.8, 4) is 11.3 Å². The number of amides is 1.